The van der Waals surface area contributed by atoms with Crippen molar-refractivity contribution in [2.24, 2.45) is 0 Å². The van der Waals surface area contributed by atoms with E-state index < -0.39 is 6.10 Å². The molecule has 1 aromatic carbocycles. The Morgan fingerprint density at radius 1 is 1.29 bits per heavy atom. The van der Waals surface area contributed by atoms with E-state index in [9.17, 15) is 10.2 Å². The highest BCUT2D eigenvalue weighted by Crippen LogP contribution is 2.29. The number of hydrogen-bond donors (Lipinski definition) is 2. The zero-order chi connectivity index (χ0) is 12.3. The Morgan fingerprint density at radius 2 is 2.12 bits per heavy atom. The molecule has 1 fully saturated rings. The summed E-state index contributed by atoms with van der Waals surface area (Å²) in [6, 6.07) is 5.43. The fourth-order valence-electron chi connectivity index (χ4n) is 2.09. The summed E-state index contributed by atoms with van der Waals surface area (Å²) in [5.74, 6) is 0.155. The lowest BCUT2D eigenvalue weighted by atomic mass is 10.1. The van der Waals surface area contributed by atoms with E-state index in [1.165, 1.54) is 0 Å². The van der Waals surface area contributed by atoms with Crippen molar-refractivity contribution in [3.63, 3.8) is 0 Å². The Morgan fingerprint density at radius 3 is 2.82 bits per heavy atom. The Labute approximate surface area is 101 Å². The Balaban J connectivity index is 2.18. The highest BCUT2D eigenvalue weighted by atomic mass is 16.5. The summed E-state index contributed by atoms with van der Waals surface area (Å²) in [4.78, 5) is 2.19. The van der Waals surface area contributed by atoms with Crippen molar-refractivity contribution in [3.05, 3.63) is 23.8 Å². The molecular formula is C13H19NO3. The molecule has 2 N–H and O–H groups in total. The van der Waals surface area contributed by atoms with Crippen molar-refractivity contribution in [1.29, 1.82) is 0 Å². The Hall–Kier alpha value is -1.26. The molecule has 1 aliphatic rings. The smallest absolute Gasteiger partial charge is 0.123 e. The third-order valence-electron chi connectivity index (χ3n) is 3.05. The third-order valence-corrected chi connectivity index (χ3v) is 3.05. The molecule has 2 rings (SSSR count). The van der Waals surface area contributed by atoms with Crippen LogP contribution < -0.4 is 4.90 Å². The molecule has 0 aromatic heterocycles. The van der Waals surface area contributed by atoms with Gasteiger partial charge in [-0.05, 0) is 19.4 Å². The van der Waals surface area contributed by atoms with Crippen LogP contribution in [0.15, 0.2) is 18.2 Å². The summed E-state index contributed by atoms with van der Waals surface area (Å²) in [6.07, 6.45) is 0.357. The van der Waals surface area contributed by atoms with Crippen LogP contribution in [0.5, 0.6) is 5.75 Å². The van der Waals surface area contributed by atoms with E-state index in [-0.39, 0.29) is 5.75 Å². The number of anilines is 1. The summed E-state index contributed by atoms with van der Waals surface area (Å²) < 4.78 is 5.39. The summed E-state index contributed by atoms with van der Waals surface area (Å²) in [5, 5.41) is 19.3. The van der Waals surface area contributed by atoms with Crippen molar-refractivity contribution in [2.75, 3.05) is 31.2 Å². The van der Waals surface area contributed by atoms with Gasteiger partial charge in [0.05, 0.1) is 12.7 Å². The lowest BCUT2D eigenvalue weighted by molar-refractivity contribution is 0.152. The molecule has 1 heterocycles. The molecule has 0 amide bonds. The normalized spacial score (nSPS) is 18.8. The van der Waals surface area contributed by atoms with Crippen LogP contribution in [0.1, 0.15) is 25.0 Å². The minimum absolute atomic E-state index is 0.155. The van der Waals surface area contributed by atoms with E-state index in [2.05, 4.69) is 4.90 Å². The van der Waals surface area contributed by atoms with Crippen molar-refractivity contribution in [1.82, 2.24) is 0 Å². The van der Waals surface area contributed by atoms with Gasteiger partial charge in [0.15, 0.2) is 0 Å². The number of benzene rings is 1. The number of phenols is 1. The molecule has 0 aliphatic carbocycles. The predicted octanol–water partition coefficient (Wildman–Crippen LogP) is 1.67. The molecule has 1 atom stereocenters. The van der Waals surface area contributed by atoms with E-state index >= 15 is 0 Å². The molecule has 4 heteroatoms. The second kappa shape index (κ2) is 5.38. The maximum absolute atomic E-state index is 9.84. The van der Waals surface area contributed by atoms with Crippen LogP contribution in [0.4, 0.5) is 5.69 Å². The molecule has 17 heavy (non-hydrogen) atoms. The fraction of sp³-hybridized carbons (Fsp3) is 0.538. The molecule has 4 nitrogen and oxygen atoms in total. The van der Waals surface area contributed by atoms with Crippen LogP contribution in [-0.2, 0) is 4.74 Å². The Kier molecular flexibility index (Phi) is 3.86. The van der Waals surface area contributed by atoms with E-state index in [1.807, 2.05) is 6.07 Å². The summed E-state index contributed by atoms with van der Waals surface area (Å²) in [5.41, 5.74) is 1.55. The first kappa shape index (κ1) is 12.2. The number of aliphatic hydroxyl groups is 1. The van der Waals surface area contributed by atoms with E-state index in [4.69, 9.17) is 4.74 Å². The average molecular weight is 237 g/mol. The van der Waals surface area contributed by atoms with Gasteiger partial charge in [-0.1, -0.05) is 6.07 Å². The van der Waals surface area contributed by atoms with Crippen LogP contribution in [-0.4, -0.2) is 36.5 Å². The molecule has 94 valence electrons. The SMILES string of the molecule is CC(O)c1ccc(N2CCCOCC2)cc1O. The number of aromatic hydroxyl groups is 1. The molecule has 0 bridgehead atoms. The van der Waals surface area contributed by atoms with Crippen molar-refractivity contribution >= 4 is 5.69 Å². The van der Waals surface area contributed by atoms with Crippen molar-refractivity contribution in [2.45, 2.75) is 19.4 Å². The first-order valence-electron chi connectivity index (χ1n) is 6.02. The van der Waals surface area contributed by atoms with Gasteiger partial charge in [-0.25, -0.2) is 0 Å². The molecule has 1 saturated heterocycles. The number of ether oxygens (including phenoxy) is 1. The largest absolute Gasteiger partial charge is 0.507 e. The summed E-state index contributed by atoms with van der Waals surface area (Å²) >= 11 is 0. The highest BCUT2D eigenvalue weighted by Gasteiger charge is 2.13. The zero-order valence-corrected chi connectivity index (χ0v) is 10.1. The van der Waals surface area contributed by atoms with Gasteiger partial charge < -0.3 is 19.8 Å². The maximum Gasteiger partial charge on any atom is 0.123 e. The van der Waals surface area contributed by atoms with Gasteiger partial charge in [-0.15, -0.1) is 0 Å². The topological polar surface area (TPSA) is 52.9 Å². The van der Waals surface area contributed by atoms with Crippen molar-refractivity contribution in [3.8, 4) is 5.75 Å². The second-order valence-electron chi connectivity index (χ2n) is 4.37. The van der Waals surface area contributed by atoms with Crippen LogP contribution in [0.25, 0.3) is 0 Å². The summed E-state index contributed by atoms with van der Waals surface area (Å²) in [7, 11) is 0. The van der Waals surface area contributed by atoms with E-state index in [0.29, 0.717) is 5.56 Å². The molecular weight excluding hydrogens is 218 g/mol. The quantitative estimate of drug-likeness (QED) is 0.821. The second-order valence-corrected chi connectivity index (χ2v) is 4.37. The first-order valence-corrected chi connectivity index (χ1v) is 6.02. The lowest BCUT2D eigenvalue weighted by Crippen LogP contribution is -2.25. The van der Waals surface area contributed by atoms with Crippen LogP contribution >= 0.6 is 0 Å². The van der Waals surface area contributed by atoms with E-state index in [0.717, 1.165) is 38.4 Å². The lowest BCUT2D eigenvalue weighted by Gasteiger charge is -2.22. The first-order chi connectivity index (χ1) is 8.18. The molecule has 0 saturated carbocycles. The zero-order valence-electron chi connectivity index (χ0n) is 10.1. The molecule has 0 spiro atoms. The van der Waals surface area contributed by atoms with Gasteiger partial charge in [0, 0.05) is 37.0 Å². The number of aliphatic hydroxyl groups excluding tert-OH is 1. The standard InChI is InChI=1S/C13H19NO3/c1-10(15)12-4-3-11(9-13(12)16)14-5-2-7-17-8-6-14/h3-4,9-10,15-16H,2,5-8H2,1H3. The van der Waals surface area contributed by atoms with Gasteiger partial charge >= 0.3 is 0 Å². The van der Waals surface area contributed by atoms with Crippen LogP contribution in [0.2, 0.25) is 0 Å². The average Bonchev–Trinajstić information content (AvgIpc) is 2.56. The predicted molar refractivity (Wildman–Crippen MR) is 66.4 cm³/mol. The molecule has 0 radical (unpaired) electrons. The number of phenolic OH excluding ortho intramolecular Hbond substituents is 1. The highest BCUT2D eigenvalue weighted by molar-refractivity contribution is 5.53. The van der Waals surface area contributed by atoms with Gasteiger partial charge in [0.25, 0.3) is 0 Å². The molecule has 1 unspecified atom stereocenters. The fourth-order valence-corrected chi connectivity index (χ4v) is 2.09. The molecule has 1 aromatic rings. The minimum Gasteiger partial charge on any atom is -0.507 e. The van der Waals surface area contributed by atoms with Crippen molar-refractivity contribution < 1.29 is 14.9 Å². The van der Waals surface area contributed by atoms with Gasteiger partial charge in [0.2, 0.25) is 0 Å². The van der Waals surface area contributed by atoms with Crippen LogP contribution in [0, 0.1) is 0 Å². The minimum atomic E-state index is -0.642. The third kappa shape index (κ3) is 2.90. The van der Waals surface area contributed by atoms with E-state index in [1.54, 1.807) is 19.1 Å². The Bertz CT molecular complexity index is 371. The van der Waals surface area contributed by atoms with Crippen LogP contribution in [0.3, 0.4) is 0 Å². The maximum atomic E-state index is 9.84. The van der Waals surface area contributed by atoms with Gasteiger partial charge in [0.1, 0.15) is 5.75 Å². The number of rotatable bonds is 2. The monoisotopic (exact) mass is 237 g/mol. The van der Waals surface area contributed by atoms with Gasteiger partial charge in [-0.2, -0.15) is 0 Å². The number of hydrogen-bond acceptors (Lipinski definition) is 4. The van der Waals surface area contributed by atoms with Gasteiger partial charge in [-0.3, -0.25) is 0 Å². The summed E-state index contributed by atoms with van der Waals surface area (Å²) in [6.45, 7) is 4.95. The molecule has 1 aliphatic heterocycles. The number of nitrogens with zero attached hydrogens (tertiary/aromatic N) is 1.